The molecule has 3 rings (SSSR count). The number of hydrogen-bond donors (Lipinski definition) is 0. The van der Waals surface area contributed by atoms with Crippen molar-refractivity contribution < 1.29 is 0 Å². The molecular weight excluding hydrogens is 204 g/mol. The molecule has 0 saturated heterocycles. The van der Waals surface area contributed by atoms with Gasteiger partial charge in [0.1, 0.15) is 0 Å². The number of fused-ring (bicyclic) bond motifs is 5. The lowest BCUT2D eigenvalue weighted by Gasteiger charge is -2.15. The molecule has 0 spiro atoms. The van der Waals surface area contributed by atoms with E-state index in [2.05, 4.69) is 38.1 Å². The molecule has 2 bridgehead atoms. The maximum absolute atomic E-state index is 2.39. The normalized spacial score (nSPS) is 22.2. The summed E-state index contributed by atoms with van der Waals surface area (Å²) in [4.78, 5) is 0. The lowest BCUT2D eigenvalue weighted by atomic mass is 9.90. The monoisotopic (exact) mass is 230 g/mol. The van der Waals surface area contributed by atoms with Crippen molar-refractivity contribution in [1.29, 1.82) is 0 Å². The number of rotatable bonds is 0. The fourth-order valence-electron chi connectivity index (χ4n) is 2.97. The molecule has 94 valence electrons. The van der Waals surface area contributed by atoms with E-state index in [0.29, 0.717) is 0 Å². The Kier molecular flexibility index (Phi) is 4.99. The molecule has 0 fully saturated rings. The summed E-state index contributed by atoms with van der Waals surface area (Å²) in [6, 6.07) is 4.53. The van der Waals surface area contributed by atoms with Crippen molar-refractivity contribution >= 4 is 0 Å². The molecule has 0 heterocycles. The van der Waals surface area contributed by atoms with E-state index >= 15 is 0 Å². The Morgan fingerprint density at radius 1 is 0.765 bits per heavy atom. The molecule has 0 aliphatic heterocycles. The van der Waals surface area contributed by atoms with Crippen molar-refractivity contribution in [3.63, 3.8) is 0 Å². The van der Waals surface area contributed by atoms with Gasteiger partial charge in [-0.3, -0.25) is 0 Å². The van der Waals surface area contributed by atoms with Gasteiger partial charge in [0.25, 0.3) is 0 Å². The van der Waals surface area contributed by atoms with E-state index in [1.54, 1.807) is 11.1 Å². The van der Waals surface area contributed by atoms with E-state index in [9.17, 15) is 0 Å². The first-order chi connectivity index (χ1) is 8.27. The first kappa shape index (κ1) is 14.0. The first-order valence-corrected chi connectivity index (χ1v) is 7.05. The Balaban J connectivity index is 0.000000330. The van der Waals surface area contributed by atoms with Gasteiger partial charge in [-0.05, 0) is 42.5 Å². The van der Waals surface area contributed by atoms with Crippen LogP contribution in [-0.2, 0) is 0 Å². The minimum absolute atomic E-state index is 0.736. The molecule has 0 aromatic heterocycles. The van der Waals surface area contributed by atoms with Gasteiger partial charge < -0.3 is 0 Å². The van der Waals surface area contributed by atoms with Gasteiger partial charge >= 0.3 is 0 Å². The van der Waals surface area contributed by atoms with Gasteiger partial charge in [0, 0.05) is 11.8 Å². The molecule has 17 heavy (non-hydrogen) atoms. The minimum Gasteiger partial charge on any atom is -0.0803 e. The maximum Gasteiger partial charge on any atom is 0.00326 e. The molecule has 0 heteroatoms. The third kappa shape index (κ3) is 2.31. The highest BCUT2D eigenvalue weighted by molar-refractivity contribution is 5.54. The van der Waals surface area contributed by atoms with E-state index in [0.717, 1.165) is 11.8 Å². The summed E-state index contributed by atoms with van der Waals surface area (Å²) in [6.45, 7) is 12.5. The fourth-order valence-corrected chi connectivity index (χ4v) is 2.97. The quantitative estimate of drug-likeness (QED) is 0.516. The molecule has 2 aliphatic rings. The van der Waals surface area contributed by atoms with Gasteiger partial charge in [0.05, 0.1) is 0 Å². The van der Waals surface area contributed by atoms with Gasteiger partial charge in [0.15, 0.2) is 0 Å². The third-order valence-electron chi connectivity index (χ3n) is 3.55. The van der Waals surface area contributed by atoms with Crippen LogP contribution in [0.25, 0.3) is 0 Å². The van der Waals surface area contributed by atoms with Gasteiger partial charge in [-0.2, -0.15) is 0 Å². The predicted octanol–water partition coefficient (Wildman–Crippen LogP) is 5.50. The summed E-state index contributed by atoms with van der Waals surface area (Å²) < 4.78 is 0. The molecule has 1 aromatic carbocycles. The van der Waals surface area contributed by atoms with Crippen molar-refractivity contribution in [1.82, 2.24) is 0 Å². The third-order valence-corrected chi connectivity index (χ3v) is 3.55. The Hall–Kier alpha value is -1.04. The minimum atomic E-state index is 0.736. The van der Waals surface area contributed by atoms with Gasteiger partial charge in [-0.15, -0.1) is 0 Å². The van der Waals surface area contributed by atoms with E-state index in [-0.39, 0.29) is 0 Å². The van der Waals surface area contributed by atoms with Gasteiger partial charge in [0.2, 0.25) is 0 Å². The molecular formula is C17H26. The van der Waals surface area contributed by atoms with Crippen LogP contribution in [0, 0.1) is 13.8 Å². The van der Waals surface area contributed by atoms with Crippen LogP contribution >= 0.6 is 0 Å². The zero-order valence-corrected chi connectivity index (χ0v) is 12.2. The lowest BCUT2D eigenvalue weighted by molar-refractivity contribution is 0.801. The van der Waals surface area contributed by atoms with Crippen molar-refractivity contribution in [3.8, 4) is 0 Å². The Morgan fingerprint density at radius 2 is 1.12 bits per heavy atom. The second-order valence-electron chi connectivity index (χ2n) is 4.36. The highest BCUT2D eigenvalue weighted by Crippen LogP contribution is 2.50. The molecule has 0 saturated carbocycles. The van der Waals surface area contributed by atoms with Crippen LogP contribution in [0.3, 0.4) is 0 Å². The van der Waals surface area contributed by atoms with E-state index in [1.165, 1.54) is 17.5 Å². The van der Waals surface area contributed by atoms with Crippen molar-refractivity contribution in [2.75, 3.05) is 0 Å². The zero-order valence-electron chi connectivity index (χ0n) is 12.2. The van der Waals surface area contributed by atoms with E-state index in [4.69, 9.17) is 0 Å². The molecule has 2 atom stereocenters. The van der Waals surface area contributed by atoms with Crippen LogP contribution < -0.4 is 0 Å². The van der Waals surface area contributed by atoms with Crippen LogP contribution in [0.4, 0.5) is 0 Å². The molecule has 0 nitrogen and oxygen atoms in total. The lowest BCUT2D eigenvalue weighted by Crippen LogP contribution is -1.98. The smallest absolute Gasteiger partial charge is 0.00326 e. The van der Waals surface area contributed by atoms with Crippen LogP contribution in [0.15, 0.2) is 24.3 Å². The second kappa shape index (κ2) is 6.05. The molecule has 2 aliphatic carbocycles. The van der Waals surface area contributed by atoms with Gasteiger partial charge in [-0.1, -0.05) is 52.0 Å². The highest BCUT2D eigenvalue weighted by Gasteiger charge is 2.34. The SMILES string of the molecule is CC.CC.Cc1ccc(C)c2c1C1C=CC2C1. The van der Waals surface area contributed by atoms with E-state index < -0.39 is 0 Å². The molecule has 2 unspecified atom stereocenters. The first-order valence-electron chi connectivity index (χ1n) is 7.05. The molecule has 0 N–H and O–H groups in total. The van der Waals surface area contributed by atoms with Crippen molar-refractivity contribution in [2.45, 2.75) is 59.8 Å². The molecule has 1 aromatic rings. The van der Waals surface area contributed by atoms with E-state index in [1.807, 2.05) is 27.7 Å². The van der Waals surface area contributed by atoms with Crippen LogP contribution in [0.1, 0.15) is 68.2 Å². The average molecular weight is 230 g/mol. The largest absolute Gasteiger partial charge is 0.0803 e. The second-order valence-corrected chi connectivity index (χ2v) is 4.36. The highest BCUT2D eigenvalue weighted by atomic mass is 14.4. The Labute approximate surface area is 107 Å². The van der Waals surface area contributed by atoms with Crippen LogP contribution in [0.2, 0.25) is 0 Å². The summed E-state index contributed by atoms with van der Waals surface area (Å²) in [5.74, 6) is 1.47. The summed E-state index contributed by atoms with van der Waals surface area (Å²) in [5.41, 5.74) is 6.23. The van der Waals surface area contributed by atoms with Crippen LogP contribution in [-0.4, -0.2) is 0 Å². The molecule has 0 radical (unpaired) electrons. The number of allylic oxidation sites excluding steroid dienone is 2. The zero-order chi connectivity index (χ0) is 13.0. The summed E-state index contributed by atoms with van der Waals surface area (Å²) in [6.07, 6.45) is 6.11. The summed E-state index contributed by atoms with van der Waals surface area (Å²) in [5, 5.41) is 0. The summed E-state index contributed by atoms with van der Waals surface area (Å²) in [7, 11) is 0. The summed E-state index contributed by atoms with van der Waals surface area (Å²) >= 11 is 0. The number of benzene rings is 1. The molecule has 0 amide bonds. The number of hydrogen-bond acceptors (Lipinski definition) is 0. The van der Waals surface area contributed by atoms with Crippen molar-refractivity contribution in [2.24, 2.45) is 0 Å². The fraction of sp³-hybridized carbons (Fsp3) is 0.529. The van der Waals surface area contributed by atoms with Gasteiger partial charge in [-0.25, -0.2) is 0 Å². The Morgan fingerprint density at radius 3 is 1.47 bits per heavy atom. The Bertz CT molecular complexity index is 362. The van der Waals surface area contributed by atoms with Crippen molar-refractivity contribution in [3.05, 3.63) is 46.5 Å². The van der Waals surface area contributed by atoms with Crippen LogP contribution in [0.5, 0.6) is 0 Å². The topological polar surface area (TPSA) is 0 Å². The standard InChI is InChI=1S/C13H14.2C2H6/c1-8-3-4-9(2)13-11-6-5-10(7-11)12(8)13;2*1-2/h3-6,10-11H,7H2,1-2H3;2*1-2H3. The maximum atomic E-state index is 2.39. The average Bonchev–Trinajstić information content (AvgIpc) is 3.00. The number of aryl methyl sites for hydroxylation is 2. The predicted molar refractivity (Wildman–Crippen MR) is 77.9 cm³/mol.